The summed E-state index contributed by atoms with van der Waals surface area (Å²) >= 11 is 0. The Morgan fingerprint density at radius 2 is 2.06 bits per heavy atom. The van der Waals surface area contributed by atoms with E-state index < -0.39 is 12.1 Å². The van der Waals surface area contributed by atoms with Gasteiger partial charge >= 0.3 is 0 Å². The molecular weight excluding hydrogens is 211 g/mol. The third-order valence-corrected chi connectivity index (χ3v) is 2.14. The number of nitrogens with two attached hydrogens (primary N) is 1. The lowest BCUT2D eigenvalue weighted by Crippen LogP contribution is -2.40. The first kappa shape index (κ1) is 12.6. The van der Waals surface area contributed by atoms with Crippen molar-refractivity contribution in [1.82, 2.24) is 5.32 Å². The second-order valence-corrected chi connectivity index (χ2v) is 3.60. The van der Waals surface area contributed by atoms with Crippen LogP contribution in [0, 0.1) is 5.82 Å². The van der Waals surface area contributed by atoms with Crippen molar-refractivity contribution in [1.29, 1.82) is 0 Å². The van der Waals surface area contributed by atoms with Gasteiger partial charge in [-0.3, -0.25) is 4.79 Å². The summed E-state index contributed by atoms with van der Waals surface area (Å²) in [5.74, 6) is -0.697. The van der Waals surface area contributed by atoms with Crippen molar-refractivity contribution in [3.63, 3.8) is 0 Å². The molecule has 16 heavy (non-hydrogen) atoms. The SMILES string of the molecule is C[C@H](N)C(=O)NCC(O)c1ccc(F)cc1. The fourth-order valence-electron chi connectivity index (χ4n) is 1.16. The number of aliphatic hydroxyl groups excluding tert-OH is 1. The van der Waals surface area contributed by atoms with E-state index in [1.54, 1.807) is 6.92 Å². The van der Waals surface area contributed by atoms with Crippen molar-refractivity contribution in [3.8, 4) is 0 Å². The molecule has 0 saturated heterocycles. The van der Waals surface area contributed by atoms with Crippen LogP contribution in [0.4, 0.5) is 4.39 Å². The zero-order valence-electron chi connectivity index (χ0n) is 8.98. The van der Waals surface area contributed by atoms with Gasteiger partial charge in [-0.05, 0) is 24.6 Å². The van der Waals surface area contributed by atoms with Crippen LogP contribution >= 0.6 is 0 Å². The molecule has 1 amide bonds. The monoisotopic (exact) mass is 226 g/mol. The van der Waals surface area contributed by atoms with Crippen LogP contribution in [0.25, 0.3) is 0 Å². The molecule has 0 spiro atoms. The first-order chi connectivity index (χ1) is 7.50. The number of nitrogens with one attached hydrogen (secondary N) is 1. The molecule has 0 aliphatic carbocycles. The summed E-state index contributed by atoms with van der Waals surface area (Å²) in [7, 11) is 0. The predicted octanol–water partition coefficient (Wildman–Crippen LogP) is 0.323. The van der Waals surface area contributed by atoms with Gasteiger partial charge in [0.1, 0.15) is 5.82 Å². The van der Waals surface area contributed by atoms with Gasteiger partial charge in [0.2, 0.25) is 5.91 Å². The number of rotatable bonds is 4. The summed E-state index contributed by atoms with van der Waals surface area (Å²) < 4.78 is 12.6. The van der Waals surface area contributed by atoms with Crippen molar-refractivity contribution in [2.75, 3.05) is 6.54 Å². The highest BCUT2D eigenvalue weighted by Crippen LogP contribution is 2.12. The molecule has 0 radical (unpaired) electrons. The first-order valence-corrected chi connectivity index (χ1v) is 4.97. The molecule has 0 aliphatic rings. The normalized spacial score (nSPS) is 14.2. The van der Waals surface area contributed by atoms with Crippen molar-refractivity contribution < 1.29 is 14.3 Å². The molecule has 2 atom stereocenters. The lowest BCUT2D eigenvalue weighted by Gasteiger charge is -2.13. The molecule has 0 fully saturated rings. The minimum atomic E-state index is -0.858. The molecular formula is C11H15FN2O2. The lowest BCUT2D eigenvalue weighted by molar-refractivity contribution is -0.122. The van der Waals surface area contributed by atoms with Gasteiger partial charge in [0, 0.05) is 6.54 Å². The van der Waals surface area contributed by atoms with Gasteiger partial charge in [0.15, 0.2) is 0 Å². The summed E-state index contributed by atoms with van der Waals surface area (Å²) in [6.07, 6.45) is -0.858. The Balaban J connectivity index is 2.49. The summed E-state index contributed by atoms with van der Waals surface area (Å²) in [6, 6.07) is 4.84. The van der Waals surface area contributed by atoms with E-state index in [0.29, 0.717) is 5.56 Å². The summed E-state index contributed by atoms with van der Waals surface area (Å²) in [5.41, 5.74) is 5.89. The minimum Gasteiger partial charge on any atom is -0.387 e. The molecule has 0 aromatic heterocycles. The van der Waals surface area contributed by atoms with E-state index in [2.05, 4.69) is 5.32 Å². The van der Waals surface area contributed by atoms with Crippen molar-refractivity contribution >= 4 is 5.91 Å². The van der Waals surface area contributed by atoms with Crippen LogP contribution in [0.15, 0.2) is 24.3 Å². The molecule has 5 heteroatoms. The lowest BCUT2D eigenvalue weighted by atomic mass is 10.1. The molecule has 1 aromatic rings. The average Bonchev–Trinajstić information content (AvgIpc) is 2.26. The average molecular weight is 226 g/mol. The predicted molar refractivity (Wildman–Crippen MR) is 58.0 cm³/mol. The Labute approximate surface area is 93.3 Å². The van der Waals surface area contributed by atoms with Gasteiger partial charge < -0.3 is 16.2 Å². The summed E-state index contributed by atoms with van der Waals surface area (Å²) in [5, 5.41) is 12.2. The number of hydrogen-bond donors (Lipinski definition) is 3. The maximum absolute atomic E-state index is 12.6. The standard InChI is InChI=1S/C11H15FN2O2/c1-7(13)11(16)14-6-10(15)8-2-4-9(12)5-3-8/h2-5,7,10,15H,6,13H2,1H3,(H,14,16)/t7-,10?/m0/s1. The van der Waals surface area contributed by atoms with Crippen LogP contribution in [0.1, 0.15) is 18.6 Å². The molecule has 88 valence electrons. The highest BCUT2D eigenvalue weighted by molar-refractivity contribution is 5.80. The number of amides is 1. The second kappa shape index (κ2) is 5.58. The molecule has 1 aromatic carbocycles. The smallest absolute Gasteiger partial charge is 0.236 e. The number of hydrogen-bond acceptors (Lipinski definition) is 3. The van der Waals surface area contributed by atoms with Gasteiger partial charge in [-0.25, -0.2) is 4.39 Å². The van der Waals surface area contributed by atoms with E-state index >= 15 is 0 Å². The number of carbonyl (C=O) groups is 1. The number of halogens is 1. The van der Waals surface area contributed by atoms with E-state index in [-0.39, 0.29) is 18.3 Å². The summed E-state index contributed by atoms with van der Waals surface area (Å²) in [6.45, 7) is 1.62. The Morgan fingerprint density at radius 3 is 2.56 bits per heavy atom. The molecule has 0 heterocycles. The van der Waals surface area contributed by atoms with Crippen molar-refractivity contribution in [2.45, 2.75) is 19.1 Å². The second-order valence-electron chi connectivity index (χ2n) is 3.60. The van der Waals surface area contributed by atoms with Crippen molar-refractivity contribution in [3.05, 3.63) is 35.6 Å². The molecule has 4 N–H and O–H groups in total. The number of benzene rings is 1. The molecule has 1 rings (SSSR count). The Morgan fingerprint density at radius 1 is 1.50 bits per heavy atom. The van der Waals surface area contributed by atoms with E-state index in [0.717, 1.165) is 0 Å². The zero-order chi connectivity index (χ0) is 12.1. The highest BCUT2D eigenvalue weighted by Gasteiger charge is 2.11. The Kier molecular flexibility index (Phi) is 4.39. The number of carbonyl (C=O) groups excluding carboxylic acids is 1. The molecule has 4 nitrogen and oxygen atoms in total. The van der Waals surface area contributed by atoms with E-state index in [9.17, 15) is 14.3 Å². The van der Waals surface area contributed by atoms with Crippen LogP contribution in [0.5, 0.6) is 0 Å². The quantitative estimate of drug-likeness (QED) is 0.692. The van der Waals surface area contributed by atoms with Crippen LogP contribution in [-0.2, 0) is 4.79 Å². The first-order valence-electron chi connectivity index (χ1n) is 4.97. The van der Waals surface area contributed by atoms with Gasteiger partial charge in [0.05, 0.1) is 12.1 Å². The van der Waals surface area contributed by atoms with Crippen molar-refractivity contribution in [2.24, 2.45) is 5.73 Å². The molecule has 0 bridgehead atoms. The van der Waals surface area contributed by atoms with Crippen LogP contribution in [0.2, 0.25) is 0 Å². The van der Waals surface area contributed by atoms with Gasteiger partial charge in [-0.15, -0.1) is 0 Å². The maximum atomic E-state index is 12.6. The van der Waals surface area contributed by atoms with Gasteiger partial charge in [-0.1, -0.05) is 12.1 Å². The number of aliphatic hydroxyl groups is 1. The minimum absolute atomic E-state index is 0.0615. The maximum Gasteiger partial charge on any atom is 0.236 e. The third kappa shape index (κ3) is 3.60. The highest BCUT2D eigenvalue weighted by atomic mass is 19.1. The van der Waals surface area contributed by atoms with Crippen LogP contribution in [0.3, 0.4) is 0 Å². The van der Waals surface area contributed by atoms with E-state index in [1.165, 1.54) is 24.3 Å². The Hall–Kier alpha value is -1.46. The van der Waals surface area contributed by atoms with Crippen LogP contribution < -0.4 is 11.1 Å². The third-order valence-electron chi connectivity index (χ3n) is 2.14. The molecule has 0 saturated carbocycles. The largest absolute Gasteiger partial charge is 0.387 e. The van der Waals surface area contributed by atoms with E-state index in [4.69, 9.17) is 5.73 Å². The fraction of sp³-hybridized carbons (Fsp3) is 0.364. The fourth-order valence-corrected chi connectivity index (χ4v) is 1.16. The van der Waals surface area contributed by atoms with Gasteiger partial charge in [-0.2, -0.15) is 0 Å². The Bertz CT molecular complexity index is 352. The summed E-state index contributed by atoms with van der Waals surface area (Å²) in [4.78, 5) is 11.1. The van der Waals surface area contributed by atoms with Gasteiger partial charge in [0.25, 0.3) is 0 Å². The molecule has 0 aliphatic heterocycles. The molecule has 1 unspecified atom stereocenters. The topological polar surface area (TPSA) is 75.4 Å². The van der Waals surface area contributed by atoms with Crippen LogP contribution in [-0.4, -0.2) is 23.6 Å². The zero-order valence-corrected chi connectivity index (χ0v) is 8.98. The van der Waals surface area contributed by atoms with E-state index in [1.807, 2.05) is 0 Å².